The van der Waals surface area contributed by atoms with Crippen molar-refractivity contribution in [2.45, 2.75) is 5.33 Å². The van der Waals surface area contributed by atoms with E-state index in [2.05, 4.69) is 33.0 Å². The molecule has 2 aromatic rings. The lowest BCUT2D eigenvalue weighted by Gasteiger charge is -2.04. The Hall–Kier alpha value is -1.53. The van der Waals surface area contributed by atoms with Gasteiger partial charge in [-0.15, -0.1) is 0 Å². The first kappa shape index (κ1) is 10.0. The summed E-state index contributed by atoms with van der Waals surface area (Å²) in [6.45, 7) is 0. The Kier molecular flexibility index (Phi) is 2.89. The lowest BCUT2D eigenvalue weighted by atomic mass is 10.0. The summed E-state index contributed by atoms with van der Waals surface area (Å²) in [6.07, 6.45) is 1.79. The summed E-state index contributed by atoms with van der Waals surface area (Å²) in [7, 11) is 0. The van der Waals surface area contributed by atoms with Crippen molar-refractivity contribution in [2.75, 3.05) is 0 Å². The van der Waals surface area contributed by atoms with Crippen LogP contribution in [-0.2, 0) is 5.33 Å². The maximum absolute atomic E-state index is 8.94. The molecule has 1 aromatic heterocycles. The number of hydrogen-bond donors (Lipinski definition) is 1. The molecule has 1 heterocycles. The summed E-state index contributed by atoms with van der Waals surface area (Å²) < 4.78 is 0. The molecule has 0 spiro atoms. The number of benzene rings is 1. The van der Waals surface area contributed by atoms with Gasteiger partial charge in [-0.2, -0.15) is 5.26 Å². The van der Waals surface area contributed by atoms with Crippen molar-refractivity contribution < 1.29 is 0 Å². The average molecular weight is 261 g/mol. The van der Waals surface area contributed by atoms with Gasteiger partial charge in [0.15, 0.2) is 0 Å². The van der Waals surface area contributed by atoms with Crippen LogP contribution in [0, 0.1) is 11.3 Å². The zero-order valence-corrected chi connectivity index (χ0v) is 9.58. The smallest absolute Gasteiger partial charge is 0.125 e. The van der Waals surface area contributed by atoms with Gasteiger partial charge in [0.25, 0.3) is 0 Å². The average Bonchev–Trinajstić information content (AvgIpc) is 2.76. The van der Waals surface area contributed by atoms with E-state index in [1.165, 1.54) is 5.56 Å². The minimum absolute atomic E-state index is 0.614. The Morgan fingerprint density at radius 3 is 2.73 bits per heavy atom. The van der Waals surface area contributed by atoms with E-state index in [9.17, 15) is 0 Å². The van der Waals surface area contributed by atoms with Crippen LogP contribution in [-0.4, -0.2) is 4.98 Å². The first-order chi connectivity index (χ1) is 7.36. The van der Waals surface area contributed by atoms with Gasteiger partial charge in [-0.3, -0.25) is 0 Å². The molecule has 2 rings (SSSR count). The van der Waals surface area contributed by atoms with Gasteiger partial charge in [0.2, 0.25) is 0 Å². The van der Waals surface area contributed by atoms with Gasteiger partial charge in [0, 0.05) is 17.1 Å². The molecule has 74 valence electrons. The number of aromatic nitrogens is 1. The third kappa shape index (κ3) is 1.81. The molecule has 1 aromatic carbocycles. The highest BCUT2D eigenvalue weighted by Crippen LogP contribution is 2.27. The van der Waals surface area contributed by atoms with E-state index >= 15 is 0 Å². The van der Waals surface area contributed by atoms with Gasteiger partial charge in [-0.1, -0.05) is 40.2 Å². The topological polar surface area (TPSA) is 39.6 Å². The predicted molar refractivity (Wildman–Crippen MR) is 63.6 cm³/mol. The number of alkyl halides is 1. The molecule has 0 atom stereocenters. The number of halogens is 1. The highest BCUT2D eigenvalue weighted by atomic mass is 79.9. The molecule has 0 fully saturated rings. The monoisotopic (exact) mass is 260 g/mol. The first-order valence-electron chi connectivity index (χ1n) is 4.58. The van der Waals surface area contributed by atoms with E-state index in [0.717, 1.165) is 16.5 Å². The molecule has 0 bridgehead atoms. The van der Waals surface area contributed by atoms with Gasteiger partial charge in [-0.05, 0) is 17.2 Å². The van der Waals surface area contributed by atoms with Crippen molar-refractivity contribution in [2.24, 2.45) is 0 Å². The quantitative estimate of drug-likeness (QED) is 0.826. The Balaban J connectivity index is 2.59. The van der Waals surface area contributed by atoms with Crippen LogP contribution in [0.15, 0.2) is 36.5 Å². The first-order valence-corrected chi connectivity index (χ1v) is 5.70. The van der Waals surface area contributed by atoms with E-state index in [1.54, 1.807) is 6.20 Å². The number of rotatable bonds is 2. The minimum Gasteiger partial charge on any atom is -0.353 e. The van der Waals surface area contributed by atoms with Crippen molar-refractivity contribution in [3.63, 3.8) is 0 Å². The van der Waals surface area contributed by atoms with Gasteiger partial charge in [0.05, 0.1) is 0 Å². The minimum atomic E-state index is 0.614. The van der Waals surface area contributed by atoms with Crippen molar-refractivity contribution in [3.05, 3.63) is 47.8 Å². The second-order valence-electron chi connectivity index (χ2n) is 3.17. The molecule has 0 aliphatic rings. The molecule has 0 unspecified atom stereocenters. The third-order valence-corrected chi connectivity index (χ3v) is 2.91. The summed E-state index contributed by atoms with van der Waals surface area (Å²) in [5, 5.41) is 9.73. The van der Waals surface area contributed by atoms with E-state index in [4.69, 9.17) is 5.26 Å². The maximum Gasteiger partial charge on any atom is 0.125 e. The van der Waals surface area contributed by atoms with Crippen molar-refractivity contribution >= 4 is 15.9 Å². The second kappa shape index (κ2) is 4.33. The summed E-state index contributed by atoms with van der Waals surface area (Å²) in [5.74, 6) is 0. The zero-order valence-electron chi connectivity index (χ0n) is 8.00. The highest BCUT2D eigenvalue weighted by molar-refractivity contribution is 9.08. The fourth-order valence-corrected chi connectivity index (χ4v) is 2.07. The van der Waals surface area contributed by atoms with Gasteiger partial charge in [0.1, 0.15) is 11.8 Å². The molecule has 0 saturated heterocycles. The Bertz CT molecular complexity index is 508. The molecule has 1 N–H and O–H groups in total. The summed E-state index contributed by atoms with van der Waals surface area (Å²) in [5.41, 5.74) is 3.87. The fraction of sp³-hybridized carbons (Fsp3) is 0.0833. The molecule has 3 heteroatoms. The summed E-state index contributed by atoms with van der Waals surface area (Å²) in [4.78, 5) is 2.93. The predicted octanol–water partition coefficient (Wildman–Crippen LogP) is 3.45. The van der Waals surface area contributed by atoms with Crippen LogP contribution in [0.1, 0.15) is 11.3 Å². The third-order valence-electron chi connectivity index (χ3n) is 2.31. The molecule has 0 amide bonds. The molecule has 15 heavy (non-hydrogen) atoms. The van der Waals surface area contributed by atoms with Crippen molar-refractivity contribution in [3.8, 4) is 17.2 Å². The normalized spacial score (nSPS) is 9.87. The number of nitriles is 1. The van der Waals surface area contributed by atoms with Crippen molar-refractivity contribution in [1.29, 1.82) is 5.26 Å². The van der Waals surface area contributed by atoms with Crippen LogP contribution in [0.3, 0.4) is 0 Å². The van der Waals surface area contributed by atoms with Gasteiger partial charge in [-0.25, -0.2) is 0 Å². The fourth-order valence-electron chi connectivity index (χ4n) is 1.59. The molecular weight excluding hydrogens is 252 g/mol. The molecule has 0 aliphatic heterocycles. The SMILES string of the molecule is N#Cc1[nH]ccc1-c1ccccc1CBr. The molecule has 0 saturated carbocycles. The number of hydrogen-bond acceptors (Lipinski definition) is 1. The summed E-state index contributed by atoms with van der Waals surface area (Å²) >= 11 is 3.45. The van der Waals surface area contributed by atoms with Crippen LogP contribution in [0.5, 0.6) is 0 Å². The molecular formula is C12H9BrN2. The number of nitrogens with zero attached hydrogens (tertiary/aromatic N) is 1. The molecule has 2 nitrogen and oxygen atoms in total. The lowest BCUT2D eigenvalue weighted by molar-refractivity contribution is 1.33. The molecule has 0 radical (unpaired) electrons. The van der Waals surface area contributed by atoms with E-state index in [1.807, 2.05) is 24.3 Å². The van der Waals surface area contributed by atoms with Crippen LogP contribution in [0.2, 0.25) is 0 Å². The highest BCUT2D eigenvalue weighted by Gasteiger charge is 2.08. The second-order valence-corrected chi connectivity index (χ2v) is 3.73. The van der Waals surface area contributed by atoms with Gasteiger partial charge >= 0.3 is 0 Å². The lowest BCUT2D eigenvalue weighted by Crippen LogP contribution is -1.86. The maximum atomic E-state index is 8.94. The Labute approximate surface area is 96.7 Å². The Morgan fingerprint density at radius 1 is 1.20 bits per heavy atom. The van der Waals surface area contributed by atoms with E-state index in [0.29, 0.717) is 5.69 Å². The van der Waals surface area contributed by atoms with E-state index < -0.39 is 0 Å². The van der Waals surface area contributed by atoms with Gasteiger partial charge < -0.3 is 4.98 Å². The zero-order chi connectivity index (χ0) is 10.7. The van der Waals surface area contributed by atoms with Crippen molar-refractivity contribution in [1.82, 2.24) is 4.98 Å². The summed E-state index contributed by atoms with van der Waals surface area (Å²) in [6, 6.07) is 12.1. The molecule has 0 aliphatic carbocycles. The standard InChI is InChI=1S/C12H9BrN2/c13-7-9-3-1-2-4-10(9)11-5-6-15-12(11)8-14/h1-6,15H,7H2. The van der Waals surface area contributed by atoms with Crippen LogP contribution >= 0.6 is 15.9 Å². The number of nitrogens with one attached hydrogen (secondary N) is 1. The number of aromatic amines is 1. The largest absolute Gasteiger partial charge is 0.353 e. The van der Waals surface area contributed by atoms with E-state index in [-0.39, 0.29) is 0 Å². The van der Waals surface area contributed by atoms with Crippen LogP contribution in [0.4, 0.5) is 0 Å². The van der Waals surface area contributed by atoms with Crippen LogP contribution in [0.25, 0.3) is 11.1 Å². The number of H-pyrrole nitrogens is 1. The Morgan fingerprint density at radius 2 is 2.00 bits per heavy atom. The van der Waals surface area contributed by atoms with Crippen LogP contribution < -0.4 is 0 Å².